The summed E-state index contributed by atoms with van der Waals surface area (Å²) in [5, 5.41) is 10.4. The van der Waals surface area contributed by atoms with Gasteiger partial charge >= 0.3 is 18.0 Å². The van der Waals surface area contributed by atoms with Crippen LogP contribution >= 0.6 is 11.3 Å². The Morgan fingerprint density at radius 1 is 0.980 bits per heavy atom. The van der Waals surface area contributed by atoms with Crippen molar-refractivity contribution in [2.24, 2.45) is 0 Å². The molecule has 2 aliphatic heterocycles. The summed E-state index contributed by atoms with van der Waals surface area (Å²) in [5.74, 6) is -2.67. The first-order valence-corrected chi connectivity index (χ1v) is 20.9. The Kier molecular flexibility index (Phi) is 14.6. The van der Waals surface area contributed by atoms with Crippen LogP contribution in [0.1, 0.15) is 84.6 Å². The Morgan fingerprint density at radius 2 is 1.62 bits per heavy atom. The highest BCUT2D eigenvalue weighted by Crippen LogP contribution is 2.36. The highest BCUT2D eigenvalue weighted by atomic mass is 32.1. The van der Waals surface area contributed by atoms with Crippen LogP contribution in [0.25, 0.3) is 0 Å². The molecule has 0 saturated carbocycles. The zero-order valence-electron chi connectivity index (χ0n) is 30.8. The van der Waals surface area contributed by atoms with E-state index in [9.17, 15) is 24.0 Å². The minimum absolute atomic E-state index is 0.0392. The van der Waals surface area contributed by atoms with Crippen LogP contribution in [-0.4, -0.2) is 112 Å². The van der Waals surface area contributed by atoms with E-state index in [0.29, 0.717) is 57.1 Å². The number of amides is 3. The van der Waals surface area contributed by atoms with Gasteiger partial charge in [0.2, 0.25) is 5.91 Å². The van der Waals surface area contributed by atoms with Gasteiger partial charge in [-0.15, -0.1) is 11.3 Å². The van der Waals surface area contributed by atoms with E-state index in [0.717, 1.165) is 0 Å². The molecule has 0 aliphatic carbocycles. The minimum Gasteiger partial charge on any atom is -0.463 e. The average molecular weight is 742 g/mol. The quantitative estimate of drug-likeness (QED) is 0.152. The summed E-state index contributed by atoms with van der Waals surface area (Å²) in [6, 6.07) is -2.55. The smallest absolute Gasteiger partial charge is 0.407 e. The number of nitrogens with zero attached hydrogens (tertiary/aromatic N) is 2. The molecular formula is C33H55N5O10SSi. The molecular weight excluding hydrogens is 687 g/mol. The monoisotopic (exact) mass is 741 g/mol. The predicted octanol–water partition coefficient (Wildman–Crippen LogP) is 3.53. The van der Waals surface area contributed by atoms with Crippen molar-refractivity contribution in [3.63, 3.8) is 0 Å². The molecule has 0 aromatic carbocycles. The number of esters is 2. The average Bonchev–Trinajstić information content (AvgIpc) is 3.51. The van der Waals surface area contributed by atoms with Gasteiger partial charge in [-0.2, -0.15) is 0 Å². The van der Waals surface area contributed by atoms with Crippen LogP contribution in [0.5, 0.6) is 0 Å². The first kappa shape index (κ1) is 41.1. The van der Waals surface area contributed by atoms with Crippen LogP contribution < -0.4 is 20.9 Å². The molecule has 3 heterocycles. The number of hydrogen-bond donors (Lipinski definition) is 3. The second-order valence-corrected chi connectivity index (χ2v) is 20.8. The van der Waals surface area contributed by atoms with Crippen molar-refractivity contribution < 1.29 is 47.3 Å². The molecule has 3 rings (SSSR count). The summed E-state index contributed by atoms with van der Waals surface area (Å²) < 4.78 is 27.7. The molecule has 50 heavy (non-hydrogen) atoms. The van der Waals surface area contributed by atoms with Gasteiger partial charge in [0, 0.05) is 44.3 Å². The first-order chi connectivity index (χ1) is 23.2. The van der Waals surface area contributed by atoms with Gasteiger partial charge in [0.05, 0.1) is 19.8 Å². The standard InChI is InChI=1S/C33H55N5O10SSi/c1-21(39)45-18-25(29(42)47-23-12-16-44-17-13-23)36-27(40)24(19-46-50(8,9)33(5,6)7)35-28(41)26-20-49-30(37-26)38-14-10-22(11-15-38)34-31(43)48-32(2,3)4/h20,22-25H,10-19H2,1-9H3,(H,34,43)(H,35,41)(H,36,40)/t24-,25-/m0/s1. The van der Waals surface area contributed by atoms with E-state index < -0.39 is 68.6 Å². The lowest BCUT2D eigenvalue weighted by Crippen LogP contribution is -2.56. The Balaban J connectivity index is 1.70. The van der Waals surface area contributed by atoms with Crippen molar-refractivity contribution in [2.75, 3.05) is 44.4 Å². The lowest BCUT2D eigenvalue weighted by atomic mass is 10.1. The number of carbonyl (C=O) groups is 5. The number of nitrogens with one attached hydrogen (secondary N) is 3. The third-order valence-electron chi connectivity index (χ3n) is 8.76. The normalized spacial score (nSPS) is 17.7. The van der Waals surface area contributed by atoms with E-state index in [-0.39, 0.29) is 23.4 Å². The number of piperidine rings is 1. The second kappa shape index (κ2) is 17.8. The molecule has 3 amide bonds. The molecule has 0 spiro atoms. The van der Waals surface area contributed by atoms with Crippen molar-refractivity contribution in [3.05, 3.63) is 11.1 Å². The molecule has 282 valence electrons. The molecule has 0 unspecified atom stereocenters. The van der Waals surface area contributed by atoms with Crippen LogP contribution in [0, 0.1) is 0 Å². The maximum atomic E-state index is 13.7. The zero-order valence-corrected chi connectivity index (χ0v) is 32.7. The van der Waals surface area contributed by atoms with Crippen molar-refractivity contribution in [3.8, 4) is 0 Å². The van der Waals surface area contributed by atoms with Crippen molar-refractivity contribution in [2.45, 2.75) is 122 Å². The maximum Gasteiger partial charge on any atom is 0.407 e. The van der Waals surface area contributed by atoms with Crippen LogP contribution in [-0.2, 0) is 37.8 Å². The van der Waals surface area contributed by atoms with Crippen molar-refractivity contribution >= 4 is 54.6 Å². The largest absolute Gasteiger partial charge is 0.463 e. The molecule has 0 bridgehead atoms. The van der Waals surface area contributed by atoms with Crippen LogP contribution in [0.15, 0.2) is 5.38 Å². The number of aromatic nitrogens is 1. The lowest BCUT2D eigenvalue weighted by molar-refractivity contribution is -0.160. The molecule has 1 aromatic heterocycles. The van der Waals surface area contributed by atoms with Gasteiger partial charge in [0.15, 0.2) is 19.5 Å². The SMILES string of the molecule is CC(=O)OC[C@H](NC(=O)[C@H](CO[Si](C)(C)C(C)(C)C)NC(=O)c1csc(N2CCC(NC(=O)OC(C)(C)C)CC2)n1)C(=O)OC1CCOCC1. The molecule has 15 nitrogen and oxygen atoms in total. The fourth-order valence-electron chi connectivity index (χ4n) is 4.81. The molecule has 1 aromatic rings. The second-order valence-electron chi connectivity index (χ2n) is 15.1. The van der Waals surface area contributed by atoms with Gasteiger partial charge in [-0.05, 0) is 51.7 Å². The number of carbonyl (C=O) groups excluding carboxylic acids is 5. The van der Waals surface area contributed by atoms with Gasteiger partial charge < -0.3 is 44.2 Å². The molecule has 3 N–H and O–H groups in total. The molecule has 2 saturated heterocycles. The highest BCUT2D eigenvalue weighted by molar-refractivity contribution is 7.13. The third kappa shape index (κ3) is 13.1. The van der Waals surface area contributed by atoms with Gasteiger partial charge in [0.1, 0.15) is 30.0 Å². The van der Waals surface area contributed by atoms with Crippen LogP contribution in [0.2, 0.25) is 18.1 Å². The Morgan fingerprint density at radius 3 is 2.20 bits per heavy atom. The van der Waals surface area contributed by atoms with Gasteiger partial charge in [-0.1, -0.05) is 20.8 Å². The predicted molar refractivity (Wildman–Crippen MR) is 190 cm³/mol. The molecule has 2 fully saturated rings. The number of anilines is 1. The Hall–Kier alpha value is -3.28. The van der Waals surface area contributed by atoms with Gasteiger partial charge in [-0.25, -0.2) is 14.6 Å². The Labute approximate surface area is 300 Å². The van der Waals surface area contributed by atoms with Gasteiger partial charge in [0.25, 0.3) is 5.91 Å². The van der Waals surface area contributed by atoms with E-state index >= 15 is 0 Å². The summed E-state index contributed by atoms with van der Waals surface area (Å²) >= 11 is 1.30. The number of thiazole rings is 1. The summed E-state index contributed by atoms with van der Waals surface area (Å²) in [5.41, 5.74) is -0.457. The van der Waals surface area contributed by atoms with Crippen molar-refractivity contribution in [1.82, 2.24) is 20.9 Å². The number of hydrogen-bond acceptors (Lipinski definition) is 13. The first-order valence-electron chi connectivity index (χ1n) is 17.1. The van der Waals surface area contributed by atoms with E-state index in [1.54, 1.807) is 5.38 Å². The van der Waals surface area contributed by atoms with Crippen LogP contribution in [0.3, 0.4) is 0 Å². The van der Waals surface area contributed by atoms with Crippen molar-refractivity contribution in [1.29, 1.82) is 0 Å². The number of ether oxygens (including phenoxy) is 4. The zero-order chi connectivity index (χ0) is 37.3. The topological polar surface area (TPSA) is 184 Å². The summed E-state index contributed by atoms with van der Waals surface area (Å²) in [4.78, 5) is 70.8. The molecule has 2 atom stereocenters. The van der Waals surface area contributed by atoms with Crippen LogP contribution in [0.4, 0.5) is 9.93 Å². The minimum atomic E-state index is -2.37. The molecule has 2 aliphatic rings. The van der Waals surface area contributed by atoms with Gasteiger partial charge in [-0.3, -0.25) is 14.4 Å². The lowest BCUT2D eigenvalue weighted by Gasteiger charge is -2.37. The fourth-order valence-corrected chi connectivity index (χ4v) is 6.68. The summed E-state index contributed by atoms with van der Waals surface area (Å²) in [6.07, 6.45) is 1.54. The highest BCUT2D eigenvalue weighted by Gasteiger charge is 2.39. The Bertz CT molecular complexity index is 1330. The number of rotatable bonds is 13. The maximum absolute atomic E-state index is 13.7. The molecule has 17 heteroatoms. The molecule has 0 radical (unpaired) electrons. The summed E-state index contributed by atoms with van der Waals surface area (Å²) in [7, 11) is -2.37. The van der Waals surface area contributed by atoms with E-state index in [2.05, 4.69) is 41.7 Å². The van der Waals surface area contributed by atoms with E-state index in [1.807, 2.05) is 38.8 Å². The fraction of sp³-hybridized carbons (Fsp3) is 0.758. The number of alkyl carbamates (subject to hydrolysis) is 1. The third-order valence-corrected chi connectivity index (χ3v) is 14.2. The summed E-state index contributed by atoms with van der Waals surface area (Å²) in [6.45, 7) is 18.4. The van der Waals surface area contributed by atoms with E-state index in [1.165, 1.54) is 18.3 Å². The van der Waals surface area contributed by atoms with E-state index in [4.69, 9.17) is 23.4 Å².